The van der Waals surface area contributed by atoms with E-state index in [1.807, 2.05) is 60.7 Å². The number of nitrogens with one attached hydrogen (secondary N) is 1. The second-order valence-electron chi connectivity index (χ2n) is 4.79. The highest BCUT2D eigenvalue weighted by Gasteiger charge is 2.10. The van der Waals surface area contributed by atoms with Gasteiger partial charge in [-0.2, -0.15) is 0 Å². The second-order valence-corrected chi connectivity index (χ2v) is 5.23. The zero-order valence-corrected chi connectivity index (χ0v) is 12.1. The van der Waals surface area contributed by atoms with Crippen LogP contribution in [0.1, 0.15) is 11.1 Å². The molecule has 1 nitrogen and oxygen atoms in total. The molecule has 21 heavy (non-hydrogen) atoms. The average Bonchev–Trinajstić information content (AvgIpc) is 2.56. The van der Waals surface area contributed by atoms with Crippen molar-refractivity contribution in [2.75, 3.05) is 0 Å². The van der Waals surface area contributed by atoms with E-state index in [1.54, 1.807) is 0 Å². The van der Waals surface area contributed by atoms with Crippen molar-refractivity contribution in [1.29, 1.82) is 5.41 Å². The molecule has 0 radical (unpaired) electrons. The minimum atomic E-state index is 0.506. The van der Waals surface area contributed by atoms with Gasteiger partial charge < -0.3 is 0 Å². The number of benzene rings is 3. The van der Waals surface area contributed by atoms with E-state index in [2.05, 4.69) is 18.2 Å². The summed E-state index contributed by atoms with van der Waals surface area (Å²) in [5.74, 6) is 0. The summed E-state index contributed by atoms with van der Waals surface area (Å²) < 4.78 is 0. The molecule has 0 atom stereocenters. The summed E-state index contributed by atoms with van der Waals surface area (Å²) in [7, 11) is 0. The summed E-state index contributed by atoms with van der Waals surface area (Å²) in [5, 5.41) is 9.17. The third kappa shape index (κ3) is 2.88. The van der Waals surface area contributed by atoms with Crippen LogP contribution in [0, 0.1) is 5.41 Å². The monoisotopic (exact) mass is 291 g/mol. The smallest absolute Gasteiger partial charge is 0.0690 e. The van der Waals surface area contributed by atoms with Crippen LogP contribution in [0.15, 0.2) is 78.9 Å². The van der Waals surface area contributed by atoms with Gasteiger partial charge in [-0.1, -0.05) is 78.3 Å². The molecule has 3 aromatic carbocycles. The number of halogens is 1. The molecule has 3 rings (SSSR count). The van der Waals surface area contributed by atoms with Crippen molar-refractivity contribution in [2.45, 2.75) is 0 Å². The molecule has 102 valence electrons. The second kappa shape index (κ2) is 5.94. The van der Waals surface area contributed by atoms with E-state index in [9.17, 15) is 0 Å². The number of rotatable bonds is 3. The van der Waals surface area contributed by atoms with Crippen LogP contribution in [-0.2, 0) is 0 Å². The molecule has 0 aliphatic carbocycles. The minimum Gasteiger partial charge on any atom is -0.300 e. The van der Waals surface area contributed by atoms with Crippen LogP contribution in [0.5, 0.6) is 0 Å². The Morgan fingerprint density at radius 1 is 0.714 bits per heavy atom. The summed E-state index contributed by atoms with van der Waals surface area (Å²) in [6, 6.07) is 25.5. The summed E-state index contributed by atoms with van der Waals surface area (Å²) in [6.45, 7) is 0. The zero-order valence-electron chi connectivity index (χ0n) is 11.4. The molecule has 0 fully saturated rings. The molecule has 0 spiro atoms. The first kappa shape index (κ1) is 13.6. The van der Waals surface area contributed by atoms with Gasteiger partial charge in [-0.3, -0.25) is 5.41 Å². The fourth-order valence-corrected chi connectivity index (χ4v) is 2.47. The fourth-order valence-electron chi connectivity index (χ4n) is 2.34. The first-order valence-electron chi connectivity index (χ1n) is 6.75. The number of hydrogen-bond donors (Lipinski definition) is 1. The maximum absolute atomic E-state index is 8.49. The van der Waals surface area contributed by atoms with E-state index < -0.39 is 0 Å². The SMILES string of the molecule is N=C(c1ccc(Cl)cc1)c1ccccc1-c1ccccc1. The highest BCUT2D eigenvalue weighted by atomic mass is 35.5. The molecule has 0 bridgehead atoms. The maximum Gasteiger partial charge on any atom is 0.0690 e. The van der Waals surface area contributed by atoms with Crippen LogP contribution in [0.4, 0.5) is 0 Å². The molecule has 0 saturated heterocycles. The molecule has 1 N–H and O–H groups in total. The van der Waals surface area contributed by atoms with E-state index in [0.717, 1.165) is 22.3 Å². The molecule has 0 heterocycles. The van der Waals surface area contributed by atoms with Gasteiger partial charge in [0, 0.05) is 16.1 Å². The highest BCUT2D eigenvalue weighted by Crippen LogP contribution is 2.25. The van der Waals surface area contributed by atoms with Crippen molar-refractivity contribution >= 4 is 17.3 Å². The van der Waals surface area contributed by atoms with Gasteiger partial charge in [0.1, 0.15) is 0 Å². The molecule has 3 aromatic rings. The number of hydrogen-bond acceptors (Lipinski definition) is 1. The van der Waals surface area contributed by atoms with Crippen LogP contribution in [-0.4, -0.2) is 5.71 Å². The Kier molecular flexibility index (Phi) is 3.85. The van der Waals surface area contributed by atoms with Gasteiger partial charge >= 0.3 is 0 Å². The Bertz CT molecular complexity index is 761. The van der Waals surface area contributed by atoms with E-state index in [-0.39, 0.29) is 0 Å². The van der Waals surface area contributed by atoms with Crippen molar-refractivity contribution in [3.63, 3.8) is 0 Å². The molecule has 0 amide bonds. The summed E-state index contributed by atoms with van der Waals surface area (Å²) in [6.07, 6.45) is 0. The predicted molar refractivity (Wildman–Crippen MR) is 89.3 cm³/mol. The minimum absolute atomic E-state index is 0.506. The van der Waals surface area contributed by atoms with Crippen molar-refractivity contribution in [2.24, 2.45) is 0 Å². The lowest BCUT2D eigenvalue weighted by molar-refractivity contribution is 1.45. The summed E-state index contributed by atoms with van der Waals surface area (Å²) in [4.78, 5) is 0. The summed E-state index contributed by atoms with van der Waals surface area (Å²) >= 11 is 5.92. The van der Waals surface area contributed by atoms with E-state index in [4.69, 9.17) is 17.0 Å². The first-order chi connectivity index (χ1) is 10.3. The van der Waals surface area contributed by atoms with Gasteiger partial charge in [0.05, 0.1) is 5.71 Å². The molecule has 0 aliphatic rings. The molecule has 2 heteroatoms. The molecule has 0 aromatic heterocycles. The van der Waals surface area contributed by atoms with E-state index >= 15 is 0 Å². The quantitative estimate of drug-likeness (QED) is 0.623. The highest BCUT2D eigenvalue weighted by molar-refractivity contribution is 6.30. The van der Waals surface area contributed by atoms with Gasteiger partial charge in [-0.25, -0.2) is 0 Å². The van der Waals surface area contributed by atoms with Gasteiger partial charge in [0.15, 0.2) is 0 Å². The van der Waals surface area contributed by atoms with Crippen LogP contribution in [0.3, 0.4) is 0 Å². The van der Waals surface area contributed by atoms with Crippen LogP contribution >= 0.6 is 11.6 Å². The van der Waals surface area contributed by atoms with Crippen LogP contribution in [0.25, 0.3) is 11.1 Å². The molecule has 0 unspecified atom stereocenters. The average molecular weight is 292 g/mol. The molecule has 0 aliphatic heterocycles. The van der Waals surface area contributed by atoms with Gasteiger partial charge in [0.25, 0.3) is 0 Å². The van der Waals surface area contributed by atoms with Crippen molar-refractivity contribution < 1.29 is 0 Å². The Morgan fingerprint density at radius 2 is 1.33 bits per heavy atom. The Hall–Kier alpha value is -2.38. The van der Waals surface area contributed by atoms with Gasteiger partial charge in [0.2, 0.25) is 0 Å². The van der Waals surface area contributed by atoms with E-state index in [0.29, 0.717) is 10.7 Å². The van der Waals surface area contributed by atoms with Crippen LogP contribution < -0.4 is 0 Å². The Labute approximate surface area is 129 Å². The van der Waals surface area contributed by atoms with Crippen molar-refractivity contribution in [3.05, 3.63) is 95.0 Å². The fraction of sp³-hybridized carbons (Fsp3) is 0. The van der Waals surface area contributed by atoms with Crippen molar-refractivity contribution in [1.82, 2.24) is 0 Å². The maximum atomic E-state index is 8.49. The first-order valence-corrected chi connectivity index (χ1v) is 7.13. The lowest BCUT2D eigenvalue weighted by atomic mass is 9.93. The summed E-state index contributed by atoms with van der Waals surface area (Å²) in [5.41, 5.74) is 4.48. The van der Waals surface area contributed by atoms with Crippen molar-refractivity contribution in [3.8, 4) is 11.1 Å². The molecule has 0 saturated carbocycles. The Morgan fingerprint density at radius 3 is 2.05 bits per heavy atom. The predicted octanol–water partition coefficient (Wildman–Crippen LogP) is 5.42. The third-order valence-electron chi connectivity index (χ3n) is 3.41. The largest absolute Gasteiger partial charge is 0.300 e. The lowest BCUT2D eigenvalue weighted by Crippen LogP contribution is -2.03. The molecular weight excluding hydrogens is 278 g/mol. The third-order valence-corrected chi connectivity index (χ3v) is 3.67. The van der Waals surface area contributed by atoms with Gasteiger partial charge in [-0.15, -0.1) is 0 Å². The van der Waals surface area contributed by atoms with Crippen LogP contribution in [0.2, 0.25) is 5.02 Å². The lowest BCUT2D eigenvalue weighted by Gasteiger charge is -2.11. The van der Waals surface area contributed by atoms with E-state index in [1.165, 1.54) is 0 Å². The zero-order chi connectivity index (χ0) is 14.7. The topological polar surface area (TPSA) is 23.9 Å². The molecular formula is C19H14ClN. The van der Waals surface area contributed by atoms with Gasteiger partial charge in [-0.05, 0) is 23.3 Å². The normalized spacial score (nSPS) is 10.3. The Balaban J connectivity index is 2.07. The standard InChI is InChI=1S/C19H14ClN/c20-16-12-10-15(11-13-16)19(21)18-9-5-4-8-17(18)14-6-2-1-3-7-14/h1-13,21H.